The van der Waals surface area contributed by atoms with Gasteiger partial charge in [0, 0.05) is 36.8 Å². The van der Waals surface area contributed by atoms with Crippen LogP contribution >= 0.6 is 0 Å². The first-order chi connectivity index (χ1) is 14.4. The molecule has 1 aliphatic rings. The van der Waals surface area contributed by atoms with Gasteiger partial charge >= 0.3 is 5.97 Å². The summed E-state index contributed by atoms with van der Waals surface area (Å²) in [5.74, 6) is -1.21. The molecule has 0 unspecified atom stereocenters. The number of hydrogen-bond donors (Lipinski definition) is 1. The summed E-state index contributed by atoms with van der Waals surface area (Å²) in [6.45, 7) is 2.60. The molecule has 158 valence electrons. The minimum atomic E-state index is -0.736. The largest absolute Gasteiger partial charge is 0.462 e. The second-order valence-electron chi connectivity index (χ2n) is 6.76. The standard InChI is InChI=1S/C20H21N3O7/c1-2-29-20(26)14-10-13(11-16(12-14)23(27)28)18(24)21-15-5-7-22(8-6-15)19(25)17-4-3-9-30-17/h3-4,9-12,15H,2,5-8H2,1H3,(H,21,24). The summed E-state index contributed by atoms with van der Waals surface area (Å²) in [5, 5.41) is 14.0. The lowest BCUT2D eigenvalue weighted by molar-refractivity contribution is -0.384. The monoisotopic (exact) mass is 415 g/mol. The molecule has 1 saturated heterocycles. The summed E-state index contributed by atoms with van der Waals surface area (Å²) in [7, 11) is 0. The molecular weight excluding hydrogens is 394 g/mol. The summed E-state index contributed by atoms with van der Waals surface area (Å²) in [6, 6.07) is 6.50. The van der Waals surface area contributed by atoms with Gasteiger partial charge in [0.15, 0.2) is 5.76 Å². The van der Waals surface area contributed by atoms with Crippen molar-refractivity contribution >= 4 is 23.5 Å². The highest BCUT2D eigenvalue weighted by molar-refractivity contribution is 5.99. The Morgan fingerprint density at radius 1 is 1.23 bits per heavy atom. The second kappa shape index (κ2) is 9.21. The van der Waals surface area contributed by atoms with E-state index in [0.29, 0.717) is 25.9 Å². The minimum Gasteiger partial charge on any atom is -0.462 e. The lowest BCUT2D eigenvalue weighted by Crippen LogP contribution is -2.46. The number of nitro benzene ring substituents is 1. The highest BCUT2D eigenvalue weighted by atomic mass is 16.6. The number of ether oxygens (including phenoxy) is 1. The highest BCUT2D eigenvalue weighted by Crippen LogP contribution is 2.20. The minimum absolute atomic E-state index is 0.00124. The molecule has 0 radical (unpaired) electrons. The Balaban J connectivity index is 1.65. The molecule has 1 aromatic heterocycles. The third-order valence-corrected chi connectivity index (χ3v) is 4.75. The number of rotatable bonds is 6. The van der Waals surface area contributed by atoms with E-state index in [1.807, 2.05) is 0 Å². The summed E-state index contributed by atoms with van der Waals surface area (Å²) < 4.78 is 10.00. The van der Waals surface area contributed by atoms with Gasteiger partial charge in [-0.05, 0) is 38.0 Å². The van der Waals surface area contributed by atoms with E-state index in [1.165, 1.54) is 12.3 Å². The van der Waals surface area contributed by atoms with Crippen molar-refractivity contribution in [3.8, 4) is 0 Å². The number of esters is 1. The fraction of sp³-hybridized carbons (Fsp3) is 0.350. The van der Waals surface area contributed by atoms with Crippen molar-refractivity contribution in [2.75, 3.05) is 19.7 Å². The van der Waals surface area contributed by atoms with Gasteiger partial charge in [0.05, 0.1) is 23.4 Å². The van der Waals surface area contributed by atoms with E-state index < -0.39 is 16.8 Å². The van der Waals surface area contributed by atoms with E-state index in [0.717, 1.165) is 12.1 Å². The SMILES string of the molecule is CCOC(=O)c1cc(C(=O)NC2CCN(C(=O)c3ccco3)CC2)cc([N+](=O)[O-])c1. The third kappa shape index (κ3) is 4.83. The summed E-state index contributed by atoms with van der Waals surface area (Å²) >= 11 is 0. The molecule has 1 aromatic carbocycles. The van der Waals surface area contributed by atoms with Gasteiger partial charge in [-0.1, -0.05) is 0 Å². The number of carbonyl (C=O) groups excluding carboxylic acids is 3. The van der Waals surface area contributed by atoms with Gasteiger partial charge < -0.3 is 19.4 Å². The van der Waals surface area contributed by atoms with Crippen LogP contribution < -0.4 is 5.32 Å². The normalized spacial score (nSPS) is 14.2. The number of amides is 2. The van der Waals surface area contributed by atoms with Gasteiger partial charge in [0.2, 0.25) is 0 Å². The van der Waals surface area contributed by atoms with Crippen LogP contribution in [0.25, 0.3) is 0 Å². The van der Waals surface area contributed by atoms with E-state index in [-0.39, 0.29) is 41.1 Å². The van der Waals surface area contributed by atoms with E-state index in [9.17, 15) is 24.5 Å². The Morgan fingerprint density at radius 2 is 1.93 bits per heavy atom. The van der Waals surface area contributed by atoms with Crippen LogP contribution in [0.3, 0.4) is 0 Å². The van der Waals surface area contributed by atoms with Crippen LogP contribution in [0.5, 0.6) is 0 Å². The number of furan rings is 1. The Labute approximate surface area is 171 Å². The number of nitrogens with one attached hydrogen (secondary N) is 1. The smallest absolute Gasteiger partial charge is 0.338 e. The maximum absolute atomic E-state index is 12.6. The van der Waals surface area contributed by atoms with Crippen molar-refractivity contribution in [1.82, 2.24) is 10.2 Å². The predicted molar refractivity (Wildman–Crippen MR) is 104 cm³/mol. The molecule has 3 rings (SSSR count). The summed E-state index contributed by atoms with van der Waals surface area (Å²) in [6.07, 6.45) is 2.49. The predicted octanol–water partition coefficient (Wildman–Crippen LogP) is 2.40. The molecule has 2 aromatic rings. The van der Waals surface area contributed by atoms with Crippen LogP contribution in [0.15, 0.2) is 41.0 Å². The second-order valence-corrected chi connectivity index (χ2v) is 6.76. The van der Waals surface area contributed by atoms with Gasteiger partial charge in [-0.2, -0.15) is 0 Å². The fourth-order valence-electron chi connectivity index (χ4n) is 3.23. The van der Waals surface area contributed by atoms with E-state index in [1.54, 1.807) is 24.0 Å². The first-order valence-corrected chi connectivity index (χ1v) is 9.49. The van der Waals surface area contributed by atoms with Crippen molar-refractivity contribution < 1.29 is 28.5 Å². The van der Waals surface area contributed by atoms with Crippen LogP contribution in [-0.2, 0) is 4.74 Å². The van der Waals surface area contributed by atoms with Crippen LogP contribution in [0.1, 0.15) is 51.0 Å². The number of likely N-dealkylation sites (tertiary alicyclic amines) is 1. The zero-order valence-electron chi connectivity index (χ0n) is 16.3. The summed E-state index contributed by atoms with van der Waals surface area (Å²) in [5.41, 5.74) is -0.430. The number of hydrogen-bond acceptors (Lipinski definition) is 7. The molecule has 0 aliphatic carbocycles. The van der Waals surface area contributed by atoms with Gasteiger partial charge in [-0.15, -0.1) is 0 Å². The van der Waals surface area contributed by atoms with E-state index in [4.69, 9.17) is 9.15 Å². The average Bonchev–Trinajstić information content (AvgIpc) is 3.28. The topological polar surface area (TPSA) is 132 Å². The molecule has 10 nitrogen and oxygen atoms in total. The molecule has 0 saturated carbocycles. The van der Waals surface area contributed by atoms with Gasteiger partial charge in [0.25, 0.3) is 17.5 Å². The number of piperidine rings is 1. The van der Waals surface area contributed by atoms with Crippen LogP contribution in [0.2, 0.25) is 0 Å². The first kappa shape index (κ1) is 21.0. The van der Waals surface area contributed by atoms with Crippen molar-refractivity contribution in [2.24, 2.45) is 0 Å². The molecular formula is C20H21N3O7. The maximum Gasteiger partial charge on any atom is 0.338 e. The quantitative estimate of drug-likeness (QED) is 0.435. The van der Waals surface area contributed by atoms with Gasteiger partial charge in [0.1, 0.15) is 0 Å². The molecule has 1 fully saturated rings. The fourth-order valence-corrected chi connectivity index (χ4v) is 3.23. The molecule has 30 heavy (non-hydrogen) atoms. The third-order valence-electron chi connectivity index (χ3n) is 4.75. The Morgan fingerprint density at radius 3 is 2.53 bits per heavy atom. The van der Waals surface area contributed by atoms with Crippen LogP contribution in [0, 0.1) is 10.1 Å². The molecule has 0 spiro atoms. The highest BCUT2D eigenvalue weighted by Gasteiger charge is 2.27. The zero-order valence-corrected chi connectivity index (χ0v) is 16.3. The van der Waals surface area contributed by atoms with Crippen LogP contribution in [0.4, 0.5) is 5.69 Å². The average molecular weight is 415 g/mol. The Bertz CT molecular complexity index is 947. The van der Waals surface area contributed by atoms with E-state index >= 15 is 0 Å². The van der Waals surface area contributed by atoms with Crippen LogP contribution in [-0.4, -0.2) is 53.3 Å². The Hall–Kier alpha value is -3.69. The number of benzene rings is 1. The molecule has 1 N–H and O–H groups in total. The molecule has 2 amide bonds. The van der Waals surface area contributed by atoms with Gasteiger partial charge in [-0.25, -0.2) is 4.79 Å². The lowest BCUT2D eigenvalue weighted by atomic mass is 10.0. The number of nitro groups is 1. The van der Waals surface area contributed by atoms with E-state index in [2.05, 4.69) is 5.32 Å². The summed E-state index contributed by atoms with van der Waals surface area (Å²) in [4.78, 5) is 49.1. The molecule has 1 aliphatic heterocycles. The van der Waals surface area contributed by atoms with Crippen molar-refractivity contribution in [3.05, 3.63) is 63.6 Å². The molecule has 0 bridgehead atoms. The molecule has 2 heterocycles. The number of carbonyl (C=O) groups is 3. The molecule has 10 heteroatoms. The maximum atomic E-state index is 12.6. The van der Waals surface area contributed by atoms with Crippen molar-refractivity contribution in [1.29, 1.82) is 0 Å². The van der Waals surface area contributed by atoms with Gasteiger partial charge in [-0.3, -0.25) is 19.7 Å². The number of nitrogens with zero attached hydrogens (tertiary/aromatic N) is 2. The Kier molecular flexibility index (Phi) is 6.45. The molecule has 0 atom stereocenters. The van der Waals surface area contributed by atoms with Crippen molar-refractivity contribution in [3.63, 3.8) is 0 Å². The lowest BCUT2D eigenvalue weighted by Gasteiger charge is -2.31. The van der Waals surface area contributed by atoms with Crippen molar-refractivity contribution in [2.45, 2.75) is 25.8 Å². The number of non-ortho nitro benzene ring substituents is 1. The zero-order chi connectivity index (χ0) is 21.7. The first-order valence-electron chi connectivity index (χ1n) is 9.49.